The second kappa shape index (κ2) is 8.05. The van der Waals surface area contributed by atoms with Crippen molar-refractivity contribution in [2.24, 2.45) is 0 Å². The maximum Gasteiger partial charge on any atom is 0.225 e. The smallest absolute Gasteiger partial charge is 0.225 e. The molecule has 0 bridgehead atoms. The van der Waals surface area contributed by atoms with Crippen LogP contribution in [0, 0.1) is 0 Å². The van der Waals surface area contributed by atoms with Gasteiger partial charge in [0.1, 0.15) is 11.6 Å². The fourth-order valence-corrected chi connectivity index (χ4v) is 3.27. The summed E-state index contributed by atoms with van der Waals surface area (Å²) >= 11 is 0. The summed E-state index contributed by atoms with van der Waals surface area (Å²) in [5.41, 5.74) is 3.62. The van der Waals surface area contributed by atoms with Gasteiger partial charge in [0.15, 0.2) is 0 Å². The lowest BCUT2D eigenvalue weighted by atomic mass is 10.1. The van der Waals surface area contributed by atoms with Crippen molar-refractivity contribution < 1.29 is 4.42 Å². The lowest BCUT2D eigenvalue weighted by Crippen LogP contribution is -2.06. The van der Waals surface area contributed by atoms with Crippen molar-refractivity contribution in [1.29, 1.82) is 0 Å². The third kappa shape index (κ3) is 3.84. The predicted molar refractivity (Wildman–Crippen MR) is 119 cm³/mol. The third-order valence-electron chi connectivity index (χ3n) is 4.69. The molecule has 0 amide bonds. The van der Waals surface area contributed by atoms with E-state index in [0.29, 0.717) is 18.3 Å². The van der Waals surface area contributed by atoms with Crippen LogP contribution in [0.15, 0.2) is 95.7 Å². The fraction of sp³-hybridized carbons (Fsp3) is 0.0417. The molecule has 6 nitrogen and oxygen atoms in total. The molecule has 3 aromatic heterocycles. The SMILES string of the molecule is c1ccc(-c2cc(Nc3cccc4cccnc34)nc(NCc3ccco3)n2)cc1. The van der Waals surface area contributed by atoms with Gasteiger partial charge in [0.05, 0.1) is 29.7 Å². The zero-order chi connectivity index (χ0) is 20.2. The molecule has 0 aliphatic rings. The van der Waals surface area contributed by atoms with Crippen molar-refractivity contribution in [3.8, 4) is 11.3 Å². The molecule has 0 aliphatic heterocycles. The number of para-hydroxylation sites is 1. The standard InChI is InChI=1S/C24H19N5O/c1-2-7-17(8-3-1)21-15-22(29-24(28-21)26-16-19-11-6-14-30-19)27-20-12-4-9-18-10-5-13-25-23(18)20/h1-15H,16H2,(H2,26,27,28,29). The van der Waals surface area contributed by atoms with Crippen LogP contribution >= 0.6 is 0 Å². The van der Waals surface area contributed by atoms with Crippen molar-refractivity contribution in [2.45, 2.75) is 6.54 Å². The Kier molecular flexibility index (Phi) is 4.79. The molecular formula is C24H19N5O. The average Bonchev–Trinajstić information content (AvgIpc) is 3.32. The summed E-state index contributed by atoms with van der Waals surface area (Å²) in [7, 11) is 0. The summed E-state index contributed by atoms with van der Waals surface area (Å²) in [6, 6.07) is 25.8. The average molecular weight is 393 g/mol. The number of anilines is 3. The van der Waals surface area contributed by atoms with E-state index < -0.39 is 0 Å². The largest absolute Gasteiger partial charge is 0.467 e. The van der Waals surface area contributed by atoms with Gasteiger partial charge >= 0.3 is 0 Å². The van der Waals surface area contributed by atoms with Gasteiger partial charge in [-0.15, -0.1) is 0 Å². The van der Waals surface area contributed by atoms with E-state index in [-0.39, 0.29) is 0 Å². The number of aromatic nitrogens is 3. The van der Waals surface area contributed by atoms with Gasteiger partial charge in [-0.25, -0.2) is 4.98 Å². The van der Waals surface area contributed by atoms with Crippen molar-refractivity contribution in [1.82, 2.24) is 15.0 Å². The van der Waals surface area contributed by atoms with E-state index in [4.69, 9.17) is 4.42 Å². The first-order valence-electron chi connectivity index (χ1n) is 9.67. The van der Waals surface area contributed by atoms with Crippen LogP contribution in [0.1, 0.15) is 5.76 Å². The van der Waals surface area contributed by atoms with Crippen molar-refractivity contribution in [3.05, 3.63) is 97.1 Å². The molecule has 5 rings (SSSR count). The molecule has 0 spiro atoms. The molecule has 0 fully saturated rings. The normalized spacial score (nSPS) is 10.8. The van der Waals surface area contributed by atoms with Crippen molar-refractivity contribution in [2.75, 3.05) is 10.6 Å². The highest BCUT2D eigenvalue weighted by Gasteiger charge is 2.09. The van der Waals surface area contributed by atoms with Gasteiger partial charge in [0, 0.05) is 23.2 Å². The minimum absolute atomic E-state index is 0.501. The molecule has 0 atom stereocenters. The van der Waals surface area contributed by atoms with E-state index in [2.05, 4.69) is 25.6 Å². The van der Waals surface area contributed by atoms with Gasteiger partial charge in [-0.3, -0.25) is 4.98 Å². The van der Waals surface area contributed by atoms with Crippen LogP contribution in [-0.4, -0.2) is 15.0 Å². The highest BCUT2D eigenvalue weighted by molar-refractivity contribution is 5.91. The molecule has 0 aliphatic carbocycles. The molecular weight excluding hydrogens is 374 g/mol. The maximum absolute atomic E-state index is 5.40. The number of benzene rings is 2. The van der Waals surface area contributed by atoms with Gasteiger partial charge in [-0.05, 0) is 24.3 Å². The first-order chi connectivity index (χ1) is 14.8. The van der Waals surface area contributed by atoms with Crippen LogP contribution in [-0.2, 0) is 6.54 Å². The number of hydrogen-bond acceptors (Lipinski definition) is 6. The highest BCUT2D eigenvalue weighted by Crippen LogP contribution is 2.27. The Morgan fingerprint density at radius 3 is 2.60 bits per heavy atom. The quantitative estimate of drug-likeness (QED) is 0.389. The first kappa shape index (κ1) is 17.9. The minimum atomic E-state index is 0.501. The molecule has 2 N–H and O–H groups in total. The van der Waals surface area contributed by atoms with E-state index in [0.717, 1.165) is 33.6 Å². The Balaban J connectivity index is 1.52. The number of pyridine rings is 1. The minimum Gasteiger partial charge on any atom is -0.467 e. The molecule has 30 heavy (non-hydrogen) atoms. The molecule has 2 aromatic carbocycles. The molecule has 0 unspecified atom stereocenters. The highest BCUT2D eigenvalue weighted by atomic mass is 16.3. The Hall–Kier alpha value is -4.19. The third-order valence-corrected chi connectivity index (χ3v) is 4.69. The van der Waals surface area contributed by atoms with E-state index in [1.165, 1.54) is 0 Å². The van der Waals surface area contributed by atoms with Gasteiger partial charge in [-0.2, -0.15) is 4.98 Å². The summed E-state index contributed by atoms with van der Waals surface area (Å²) in [4.78, 5) is 13.9. The Bertz CT molecular complexity index is 1260. The van der Waals surface area contributed by atoms with E-state index in [1.54, 1.807) is 12.5 Å². The van der Waals surface area contributed by atoms with Crippen LogP contribution < -0.4 is 10.6 Å². The van der Waals surface area contributed by atoms with Crippen LogP contribution in [0.4, 0.5) is 17.5 Å². The van der Waals surface area contributed by atoms with Crippen LogP contribution in [0.5, 0.6) is 0 Å². The summed E-state index contributed by atoms with van der Waals surface area (Å²) in [5.74, 6) is 2.02. The molecule has 5 aromatic rings. The Labute approximate surface area is 173 Å². The summed E-state index contributed by atoms with van der Waals surface area (Å²) in [5, 5.41) is 7.73. The second-order valence-corrected chi connectivity index (χ2v) is 6.77. The first-order valence-corrected chi connectivity index (χ1v) is 9.67. The topological polar surface area (TPSA) is 75.9 Å². The number of rotatable bonds is 6. The fourth-order valence-electron chi connectivity index (χ4n) is 3.27. The van der Waals surface area contributed by atoms with Gasteiger partial charge in [0.25, 0.3) is 0 Å². The summed E-state index contributed by atoms with van der Waals surface area (Å²) in [6.45, 7) is 0.501. The lowest BCUT2D eigenvalue weighted by molar-refractivity contribution is 0.517. The zero-order valence-electron chi connectivity index (χ0n) is 16.1. The monoisotopic (exact) mass is 393 g/mol. The van der Waals surface area contributed by atoms with E-state index >= 15 is 0 Å². The number of nitrogens with one attached hydrogen (secondary N) is 2. The van der Waals surface area contributed by atoms with Crippen LogP contribution in [0.25, 0.3) is 22.2 Å². The molecule has 3 heterocycles. The predicted octanol–water partition coefficient (Wildman–Crippen LogP) is 5.64. The number of fused-ring (bicyclic) bond motifs is 1. The van der Waals surface area contributed by atoms with Crippen molar-refractivity contribution in [3.63, 3.8) is 0 Å². The number of furan rings is 1. The van der Waals surface area contributed by atoms with E-state index in [1.807, 2.05) is 78.9 Å². The van der Waals surface area contributed by atoms with E-state index in [9.17, 15) is 0 Å². The summed E-state index contributed by atoms with van der Waals surface area (Å²) in [6.07, 6.45) is 3.44. The molecule has 0 saturated heterocycles. The molecule has 0 saturated carbocycles. The molecule has 6 heteroatoms. The van der Waals surface area contributed by atoms with Crippen LogP contribution in [0.3, 0.4) is 0 Å². The Morgan fingerprint density at radius 2 is 1.73 bits per heavy atom. The number of hydrogen-bond donors (Lipinski definition) is 2. The maximum atomic E-state index is 5.40. The van der Waals surface area contributed by atoms with Crippen LogP contribution in [0.2, 0.25) is 0 Å². The van der Waals surface area contributed by atoms with Gasteiger partial charge in [-0.1, -0.05) is 48.5 Å². The zero-order valence-corrected chi connectivity index (χ0v) is 16.1. The number of nitrogens with zero attached hydrogens (tertiary/aromatic N) is 3. The summed E-state index contributed by atoms with van der Waals surface area (Å²) < 4.78 is 5.40. The van der Waals surface area contributed by atoms with Gasteiger partial charge < -0.3 is 15.1 Å². The lowest BCUT2D eigenvalue weighted by Gasteiger charge is -2.12. The molecule has 146 valence electrons. The second-order valence-electron chi connectivity index (χ2n) is 6.77. The van der Waals surface area contributed by atoms with Gasteiger partial charge in [0.2, 0.25) is 5.95 Å². The Morgan fingerprint density at radius 1 is 0.833 bits per heavy atom. The molecule has 0 radical (unpaired) electrons. The van der Waals surface area contributed by atoms with Crippen molar-refractivity contribution >= 4 is 28.4 Å².